The fourth-order valence-electron chi connectivity index (χ4n) is 2.11. The van der Waals surface area contributed by atoms with E-state index in [0.29, 0.717) is 11.5 Å². The highest BCUT2D eigenvalue weighted by Gasteiger charge is 2.42. The minimum atomic E-state index is 0.491. The molecule has 94 valence electrons. The molecule has 0 saturated heterocycles. The fraction of sp³-hybridized carbons (Fsp3) is 0.429. The fourth-order valence-corrected chi connectivity index (χ4v) is 2.11. The van der Waals surface area contributed by atoms with E-state index in [1.807, 2.05) is 0 Å². The number of hydrogen-bond acceptors (Lipinski definition) is 3. The van der Waals surface area contributed by atoms with Crippen LogP contribution >= 0.6 is 0 Å². The van der Waals surface area contributed by atoms with Crippen LogP contribution in [0.4, 0.5) is 5.69 Å². The first-order valence-corrected chi connectivity index (χ1v) is 6.39. The third-order valence-corrected chi connectivity index (χ3v) is 4.02. The first-order chi connectivity index (χ1) is 8.67. The van der Waals surface area contributed by atoms with Crippen molar-refractivity contribution in [2.24, 2.45) is 5.41 Å². The Morgan fingerprint density at radius 1 is 1.28 bits per heavy atom. The second-order valence-electron chi connectivity index (χ2n) is 5.41. The Hall–Kier alpha value is -1.84. The lowest BCUT2D eigenvalue weighted by Crippen LogP contribution is -2.24. The Kier molecular flexibility index (Phi) is 2.58. The topological polar surface area (TPSA) is 42.7 Å². The highest BCUT2D eigenvalue weighted by atomic mass is 15.3. The van der Waals surface area contributed by atoms with E-state index >= 15 is 0 Å². The van der Waals surface area contributed by atoms with E-state index in [1.165, 1.54) is 18.5 Å². The Morgan fingerprint density at radius 2 is 2.00 bits per heavy atom. The quantitative estimate of drug-likeness (QED) is 0.896. The number of rotatable bonds is 4. The van der Waals surface area contributed by atoms with Crippen LogP contribution < -0.4 is 5.32 Å². The summed E-state index contributed by atoms with van der Waals surface area (Å²) in [6.45, 7) is 4.60. The second-order valence-corrected chi connectivity index (χ2v) is 5.41. The summed E-state index contributed by atoms with van der Waals surface area (Å²) in [4.78, 5) is 3.95. The van der Waals surface area contributed by atoms with Crippen LogP contribution in [0.5, 0.6) is 0 Å². The Balaban J connectivity index is 1.71. The zero-order valence-corrected chi connectivity index (χ0v) is 10.8. The molecule has 0 bridgehead atoms. The SMILES string of the molecule is CC(Nc1ccc(-n2cncn2)cc1)C1(C)CC1. The molecule has 4 nitrogen and oxygen atoms in total. The van der Waals surface area contributed by atoms with Crippen LogP contribution in [0.1, 0.15) is 26.7 Å². The van der Waals surface area contributed by atoms with Crippen molar-refractivity contribution in [1.29, 1.82) is 0 Å². The standard InChI is InChI=1S/C14H18N4/c1-11(14(2)7-8-14)17-12-3-5-13(6-4-12)18-10-15-9-16-18/h3-6,9-11,17H,7-8H2,1-2H3. The average Bonchev–Trinajstić information content (AvgIpc) is 2.94. The van der Waals surface area contributed by atoms with Crippen molar-refractivity contribution >= 4 is 5.69 Å². The highest BCUT2D eigenvalue weighted by Crippen LogP contribution is 2.48. The van der Waals surface area contributed by atoms with Crippen LogP contribution in [0.3, 0.4) is 0 Å². The van der Waals surface area contributed by atoms with Crippen molar-refractivity contribution in [2.45, 2.75) is 32.7 Å². The van der Waals surface area contributed by atoms with Crippen LogP contribution in [-0.2, 0) is 0 Å². The molecule has 1 N–H and O–H groups in total. The van der Waals surface area contributed by atoms with Gasteiger partial charge in [-0.25, -0.2) is 9.67 Å². The number of nitrogens with one attached hydrogen (secondary N) is 1. The second kappa shape index (κ2) is 4.12. The van der Waals surface area contributed by atoms with Crippen LogP contribution in [0.2, 0.25) is 0 Å². The van der Waals surface area contributed by atoms with E-state index in [1.54, 1.807) is 17.3 Å². The molecular formula is C14H18N4. The van der Waals surface area contributed by atoms with Gasteiger partial charge >= 0.3 is 0 Å². The lowest BCUT2D eigenvalue weighted by molar-refractivity contribution is 0.493. The minimum absolute atomic E-state index is 0.491. The van der Waals surface area contributed by atoms with Crippen LogP contribution in [0.15, 0.2) is 36.9 Å². The van der Waals surface area contributed by atoms with Gasteiger partial charge in [0.2, 0.25) is 0 Å². The van der Waals surface area contributed by atoms with E-state index in [2.05, 4.69) is 53.5 Å². The molecule has 0 aliphatic heterocycles. The number of hydrogen-bond donors (Lipinski definition) is 1. The van der Waals surface area contributed by atoms with E-state index in [-0.39, 0.29) is 0 Å². The summed E-state index contributed by atoms with van der Waals surface area (Å²) in [5, 5.41) is 7.68. The molecule has 3 rings (SSSR count). The summed E-state index contributed by atoms with van der Waals surface area (Å²) < 4.78 is 1.76. The molecule has 1 saturated carbocycles. The number of benzene rings is 1. The predicted octanol–water partition coefficient (Wildman–Crippen LogP) is 2.87. The van der Waals surface area contributed by atoms with Crippen molar-refractivity contribution in [3.05, 3.63) is 36.9 Å². The van der Waals surface area contributed by atoms with Gasteiger partial charge in [-0.3, -0.25) is 0 Å². The average molecular weight is 242 g/mol. The van der Waals surface area contributed by atoms with Gasteiger partial charge in [0, 0.05) is 11.7 Å². The molecule has 4 heteroatoms. The molecule has 0 amide bonds. The van der Waals surface area contributed by atoms with E-state index in [9.17, 15) is 0 Å². The van der Waals surface area contributed by atoms with Crippen molar-refractivity contribution < 1.29 is 0 Å². The van der Waals surface area contributed by atoms with Gasteiger partial charge in [0.15, 0.2) is 0 Å². The van der Waals surface area contributed by atoms with Gasteiger partial charge in [0.1, 0.15) is 12.7 Å². The highest BCUT2D eigenvalue weighted by molar-refractivity contribution is 5.49. The molecule has 18 heavy (non-hydrogen) atoms. The Labute approximate surface area is 107 Å². The summed E-state index contributed by atoms with van der Waals surface area (Å²) in [5.74, 6) is 0. The number of aromatic nitrogens is 3. The molecule has 2 aromatic rings. The number of anilines is 1. The molecule has 1 aromatic carbocycles. The molecule has 1 fully saturated rings. The van der Waals surface area contributed by atoms with Gasteiger partial charge < -0.3 is 5.32 Å². The van der Waals surface area contributed by atoms with Crippen molar-refractivity contribution in [2.75, 3.05) is 5.32 Å². The summed E-state index contributed by atoms with van der Waals surface area (Å²) in [5.41, 5.74) is 2.69. The van der Waals surface area contributed by atoms with Gasteiger partial charge in [-0.05, 0) is 49.4 Å². The largest absolute Gasteiger partial charge is 0.382 e. The van der Waals surface area contributed by atoms with E-state index in [0.717, 1.165) is 5.69 Å². The predicted molar refractivity (Wildman–Crippen MR) is 71.8 cm³/mol. The molecular weight excluding hydrogens is 224 g/mol. The lowest BCUT2D eigenvalue weighted by Gasteiger charge is -2.21. The van der Waals surface area contributed by atoms with Crippen molar-refractivity contribution in [3.8, 4) is 5.69 Å². The zero-order valence-electron chi connectivity index (χ0n) is 10.8. The minimum Gasteiger partial charge on any atom is -0.382 e. The smallest absolute Gasteiger partial charge is 0.138 e. The molecule has 1 atom stereocenters. The van der Waals surface area contributed by atoms with Crippen molar-refractivity contribution in [1.82, 2.24) is 14.8 Å². The maximum Gasteiger partial charge on any atom is 0.138 e. The first kappa shape index (κ1) is 11.3. The molecule has 1 unspecified atom stereocenters. The first-order valence-electron chi connectivity index (χ1n) is 6.39. The normalized spacial score (nSPS) is 18.3. The summed E-state index contributed by atoms with van der Waals surface area (Å²) in [7, 11) is 0. The Bertz CT molecular complexity index is 511. The van der Waals surface area contributed by atoms with E-state index < -0.39 is 0 Å². The zero-order chi connectivity index (χ0) is 12.6. The molecule has 0 radical (unpaired) electrons. The summed E-state index contributed by atoms with van der Waals surface area (Å²) >= 11 is 0. The maximum atomic E-state index is 4.11. The van der Waals surface area contributed by atoms with Gasteiger partial charge in [0.05, 0.1) is 5.69 Å². The van der Waals surface area contributed by atoms with Crippen molar-refractivity contribution in [3.63, 3.8) is 0 Å². The molecule has 0 spiro atoms. The molecule has 1 aliphatic rings. The monoisotopic (exact) mass is 242 g/mol. The number of nitrogens with zero attached hydrogens (tertiary/aromatic N) is 3. The molecule has 1 aliphatic carbocycles. The van der Waals surface area contributed by atoms with Gasteiger partial charge in [-0.15, -0.1) is 0 Å². The Morgan fingerprint density at radius 3 is 2.56 bits per heavy atom. The van der Waals surface area contributed by atoms with Gasteiger partial charge in [0.25, 0.3) is 0 Å². The maximum absolute atomic E-state index is 4.11. The van der Waals surface area contributed by atoms with E-state index in [4.69, 9.17) is 0 Å². The molecule has 1 heterocycles. The molecule has 1 aromatic heterocycles. The summed E-state index contributed by atoms with van der Waals surface area (Å²) in [6, 6.07) is 8.82. The third-order valence-electron chi connectivity index (χ3n) is 4.02. The third kappa shape index (κ3) is 2.10. The van der Waals surface area contributed by atoms with Gasteiger partial charge in [-0.2, -0.15) is 5.10 Å². The van der Waals surface area contributed by atoms with Gasteiger partial charge in [-0.1, -0.05) is 6.92 Å². The summed E-state index contributed by atoms with van der Waals surface area (Å²) in [6.07, 6.45) is 5.91. The van der Waals surface area contributed by atoms with Crippen LogP contribution in [-0.4, -0.2) is 20.8 Å². The van der Waals surface area contributed by atoms with Crippen LogP contribution in [0.25, 0.3) is 5.69 Å². The van der Waals surface area contributed by atoms with Crippen LogP contribution in [0, 0.1) is 5.41 Å². The lowest BCUT2D eigenvalue weighted by atomic mass is 10.0.